The monoisotopic (exact) mass is 275 g/mol. The van der Waals surface area contributed by atoms with E-state index in [1.807, 2.05) is 19.1 Å². The lowest BCUT2D eigenvalue weighted by molar-refractivity contribution is -0.387. The first-order chi connectivity index (χ1) is 9.61. The largest absolute Gasteiger partial charge is 0.473 e. The highest BCUT2D eigenvalue weighted by Gasteiger charge is 2.26. The lowest BCUT2D eigenvalue weighted by atomic mass is 10.2. The number of rotatable bonds is 5. The molecule has 0 amide bonds. The van der Waals surface area contributed by atoms with Gasteiger partial charge in [0.15, 0.2) is 0 Å². The molecule has 0 saturated carbocycles. The molecule has 0 saturated heterocycles. The van der Waals surface area contributed by atoms with Crippen LogP contribution in [0.2, 0.25) is 0 Å². The number of aromatic nitrogens is 2. The van der Waals surface area contributed by atoms with E-state index in [1.165, 1.54) is 6.33 Å². The second kappa shape index (κ2) is 5.96. The Balaban J connectivity index is 2.37. The third kappa shape index (κ3) is 3.00. The van der Waals surface area contributed by atoms with E-state index < -0.39 is 4.92 Å². The zero-order valence-corrected chi connectivity index (χ0v) is 11.1. The van der Waals surface area contributed by atoms with Gasteiger partial charge in [-0.25, -0.2) is 0 Å². The van der Waals surface area contributed by atoms with Crippen LogP contribution in [0.25, 0.3) is 0 Å². The van der Waals surface area contributed by atoms with Gasteiger partial charge in [0, 0.05) is 0 Å². The van der Waals surface area contributed by atoms with Gasteiger partial charge in [0.2, 0.25) is 0 Å². The maximum Gasteiger partial charge on any atom is 0.392 e. The average Bonchev–Trinajstić information content (AvgIpc) is 2.41. The molecule has 0 fully saturated rings. The molecule has 0 unspecified atom stereocenters. The van der Waals surface area contributed by atoms with Gasteiger partial charge < -0.3 is 9.47 Å². The van der Waals surface area contributed by atoms with Gasteiger partial charge in [0.05, 0.1) is 11.5 Å². The lowest BCUT2D eigenvalue weighted by Gasteiger charge is -2.07. The highest BCUT2D eigenvalue weighted by molar-refractivity contribution is 5.50. The molecule has 104 valence electrons. The Bertz CT molecular complexity index is 614. The summed E-state index contributed by atoms with van der Waals surface area (Å²) in [7, 11) is 0. The number of nitrogens with zero attached hydrogens (tertiary/aromatic N) is 3. The second-order valence-corrected chi connectivity index (χ2v) is 3.94. The Labute approximate surface area is 115 Å². The van der Waals surface area contributed by atoms with Crippen molar-refractivity contribution in [3.63, 3.8) is 0 Å². The third-order valence-corrected chi connectivity index (χ3v) is 2.45. The minimum absolute atomic E-state index is 0.102. The first kappa shape index (κ1) is 13.7. The van der Waals surface area contributed by atoms with E-state index >= 15 is 0 Å². The van der Waals surface area contributed by atoms with E-state index in [4.69, 9.17) is 9.47 Å². The molecule has 7 nitrogen and oxygen atoms in total. The predicted octanol–water partition coefficient (Wildman–Crippen LogP) is 2.88. The van der Waals surface area contributed by atoms with Crippen LogP contribution in [0.5, 0.6) is 17.5 Å². The highest BCUT2D eigenvalue weighted by atomic mass is 16.6. The number of nitro groups is 1. The van der Waals surface area contributed by atoms with Crippen LogP contribution in [0, 0.1) is 17.0 Å². The average molecular weight is 275 g/mol. The maximum absolute atomic E-state index is 11.1. The molecule has 2 rings (SSSR count). The summed E-state index contributed by atoms with van der Waals surface area (Å²) in [5.41, 5.74) is 0.680. The number of aryl methyl sites for hydroxylation is 1. The Hall–Kier alpha value is -2.70. The van der Waals surface area contributed by atoms with Crippen LogP contribution in [0.4, 0.5) is 5.69 Å². The molecule has 0 aliphatic carbocycles. The van der Waals surface area contributed by atoms with Gasteiger partial charge in [0.25, 0.3) is 0 Å². The third-order valence-electron chi connectivity index (χ3n) is 2.45. The van der Waals surface area contributed by atoms with Crippen molar-refractivity contribution in [2.75, 3.05) is 6.61 Å². The minimum Gasteiger partial charge on any atom is -0.473 e. The first-order valence-corrected chi connectivity index (χ1v) is 5.98. The lowest BCUT2D eigenvalue weighted by Crippen LogP contribution is -2.03. The van der Waals surface area contributed by atoms with Crippen LogP contribution in [-0.4, -0.2) is 21.5 Å². The molecule has 1 heterocycles. The van der Waals surface area contributed by atoms with Crippen molar-refractivity contribution in [3.8, 4) is 17.5 Å². The Morgan fingerprint density at radius 2 is 1.85 bits per heavy atom. The van der Waals surface area contributed by atoms with E-state index in [2.05, 4.69) is 9.97 Å². The fraction of sp³-hybridized carbons (Fsp3) is 0.231. The summed E-state index contributed by atoms with van der Waals surface area (Å²) in [5, 5.41) is 11.1. The van der Waals surface area contributed by atoms with Crippen molar-refractivity contribution in [1.29, 1.82) is 0 Å². The zero-order valence-electron chi connectivity index (χ0n) is 11.1. The predicted molar refractivity (Wildman–Crippen MR) is 71.1 cm³/mol. The van der Waals surface area contributed by atoms with Crippen LogP contribution in [-0.2, 0) is 0 Å². The van der Waals surface area contributed by atoms with Gasteiger partial charge in [-0.15, -0.1) is 0 Å². The maximum atomic E-state index is 11.1. The summed E-state index contributed by atoms with van der Waals surface area (Å²) in [6.45, 7) is 3.91. The molecule has 0 aliphatic rings. The number of hydrogen-bond donors (Lipinski definition) is 0. The van der Waals surface area contributed by atoms with E-state index in [1.54, 1.807) is 19.1 Å². The highest BCUT2D eigenvalue weighted by Crippen LogP contribution is 2.35. The van der Waals surface area contributed by atoms with Crippen molar-refractivity contribution in [2.45, 2.75) is 13.8 Å². The molecule has 20 heavy (non-hydrogen) atoms. The summed E-state index contributed by atoms with van der Waals surface area (Å²) in [5.74, 6) is 0.215. The molecule has 0 bridgehead atoms. The van der Waals surface area contributed by atoms with Gasteiger partial charge >= 0.3 is 17.4 Å². The SMILES string of the molecule is CCOc1ncnc(Oc2ccc(C)cc2)c1[N+](=O)[O-]. The van der Waals surface area contributed by atoms with Crippen molar-refractivity contribution in [3.05, 3.63) is 46.3 Å². The van der Waals surface area contributed by atoms with E-state index in [-0.39, 0.29) is 24.1 Å². The van der Waals surface area contributed by atoms with E-state index in [0.29, 0.717) is 5.75 Å². The van der Waals surface area contributed by atoms with Crippen LogP contribution < -0.4 is 9.47 Å². The molecule has 0 N–H and O–H groups in total. The topological polar surface area (TPSA) is 87.4 Å². The van der Waals surface area contributed by atoms with Gasteiger partial charge in [-0.2, -0.15) is 9.97 Å². The smallest absolute Gasteiger partial charge is 0.392 e. The van der Waals surface area contributed by atoms with Crippen molar-refractivity contribution >= 4 is 5.69 Å². The fourth-order valence-electron chi connectivity index (χ4n) is 1.54. The van der Waals surface area contributed by atoms with Crippen LogP contribution >= 0.6 is 0 Å². The summed E-state index contributed by atoms with van der Waals surface area (Å²) in [6.07, 6.45) is 1.17. The van der Waals surface area contributed by atoms with Crippen molar-refractivity contribution < 1.29 is 14.4 Å². The molecule has 0 spiro atoms. The first-order valence-electron chi connectivity index (χ1n) is 5.98. The van der Waals surface area contributed by atoms with Crippen LogP contribution in [0.1, 0.15) is 12.5 Å². The molecule has 0 atom stereocenters. The normalized spacial score (nSPS) is 10.1. The Morgan fingerprint density at radius 3 is 2.45 bits per heavy atom. The standard InChI is InChI=1S/C13H13N3O4/c1-3-19-12-11(16(17)18)13(15-8-14-12)20-10-6-4-9(2)5-7-10/h4-8H,3H2,1-2H3. The summed E-state index contributed by atoms with van der Waals surface area (Å²) < 4.78 is 10.6. The molecular weight excluding hydrogens is 262 g/mol. The quantitative estimate of drug-likeness (QED) is 0.616. The Kier molecular flexibility index (Phi) is 4.09. The second-order valence-electron chi connectivity index (χ2n) is 3.94. The molecule has 2 aromatic rings. The van der Waals surface area contributed by atoms with E-state index in [9.17, 15) is 10.1 Å². The van der Waals surface area contributed by atoms with Gasteiger partial charge in [-0.1, -0.05) is 17.7 Å². The molecular formula is C13H13N3O4. The fourth-order valence-corrected chi connectivity index (χ4v) is 1.54. The molecule has 0 radical (unpaired) electrons. The summed E-state index contributed by atoms with van der Waals surface area (Å²) >= 11 is 0. The molecule has 0 aliphatic heterocycles. The van der Waals surface area contributed by atoms with Gasteiger partial charge in [-0.05, 0) is 26.0 Å². The Morgan fingerprint density at radius 1 is 1.20 bits per heavy atom. The van der Waals surface area contributed by atoms with Crippen molar-refractivity contribution in [1.82, 2.24) is 9.97 Å². The number of benzene rings is 1. The van der Waals surface area contributed by atoms with Crippen LogP contribution in [0.3, 0.4) is 0 Å². The molecule has 7 heteroatoms. The van der Waals surface area contributed by atoms with E-state index in [0.717, 1.165) is 5.56 Å². The van der Waals surface area contributed by atoms with Crippen LogP contribution in [0.15, 0.2) is 30.6 Å². The zero-order chi connectivity index (χ0) is 14.5. The summed E-state index contributed by atoms with van der Waals surface area (Å²) in [4.78, 5) is 18.1. The number of hydrogen-bond acceptors (Lipinski definition) is 6. The van der Waals surface area contributed by atoms with Crippen molar-refractivity contribution in [2.24, 2.45) is 0 Å². The van der Waals surface area contributed by atoms with Gasteiger partial charge in [0.1, 0.15) is 12.1 Å². The molecule has 1 aromatic carbocycles. The number of ether oxygens (including phenoxy) is 2. The molecule has 1 aromatic heterocycles. The van der Waals surface area contributed by atoms with Gasteiger partial charge in [-0.3, -0.25) is 10.1 Å². The minimum atomic E-state index is -0.617. The summed E-state index contributed by atoms with van der Waals surface area (Å²) in [6, 6.07) is 7.10.